The van der Waals surface area contributed by atoms with E-state index < -0.39 is 16.1 Å². The second kappa shape index (κ2) is 7.70. The Labute approximate surface area is 179 Å². The SMILES string of the molecule is CC1(C)c2ccccc2N(CCCOC=O)C12C=Cc1cc([N+](=O)[O-])cc(CO)c1O2. The van der Waals surface area contributed by atoms with E-state index in [1.165, 1.54) is 12.1 Å². The van der Waals surface area contributed by atoms with Gasteiger partial charge in [-0.15, -0.1) is 0 Å². The molecule has 2 aromatic carbocycles. The van der Waals surface area contributed by atoms with Gasteiger partial charge in [-0.05, 0) is 44.1 Å². The Bertz CT molecular complexity index is 1060. The van der Waals surface area contributed by atoms with Crippen LogP contribution in [0.4, 0.5) is 11.4 Å². The Balaban J connectivity index is 1.82. The van der Waals surface area contributed by atoms with Crippen molar-refractivity contribution in [3.63, 3.8) is 0 Å². The fraction of sp³-hybridized carbons (Fsp3) is 0.348. The van der Waals surface area contributed by atoms with Crippen LogP contribution in [0, 0.1) is 10.1 Å². The Morgan fingerprint density at radius 3 is 2.77 bits per heavy atom. The van der Waals surface area contributed by atoms with Gasteiger partial charge in [-0.1, -0.05) is 18.2 Å². The molecule has 1 unspecified atom stereocenters. The molecule has 31 heavy (non-hydrogen) atoms. The summed E-state index contributed by atoms with van der Waals surface area (Å²) >= 11 is 0. The van der Waals surface area contributed by atoms with E-state index in [-0.39, 0.29) is 18.9 Å². The molecule has 0 saturated heterocycles. The fourth-order valence-corrected chi connectivity index (χ4v) is 4.63. The summed E-state index contributed by atoms with van der Waals surface area (Å²) < 4.78 is 11.5. The molecular weight excluding hydrogens is 400 g/mol. The number of nitro groups is 1. The molecule has 2 heterocycles. The third-order valence-corrected chi connectivity index (χ3v) is 6.18. The van der Waals surface area contributed by atoms with Gasteiger partial charge in [0.2, 0.25) is 5.72 Å². The number of anilines is 1. The van der Waals surface area contributed by atoms with Crippen LogP contribution in [0.1, 0.15) is 37.0 Å². The van der Waals surface area contributed by atoms with Crippen LogP contribution in [-0.2, 0) is 21.6 Å². The van der Waals surface area contributed by atoms with E-state index in [0.29, 0.717) is 36.3 Å². The predicted octanol–water partition coefficient (Wildman–Crippen LogP) is 3.55. The lowest BCUT2D eigenvalue weighted by molar-refractivity contribution is -0.385. The Morgan fingerprint density at radius 2 is 2.06 bits per heavy atom. The average molecular weight is 424 g/mol. The molecule has 0 bridgehead atoms. The number of carbonyl (C=O) groups excluding carboxylic acids is 1. The van der Waals surface area contributed by atoms with Crippen molar-refractivity contribution < 1.29 is 24.3 Å². The van der Waals surface area contributed by atoms with Crippen molar-refractivity contribution in [1.29, 1.82) is 0 Å². The molecule has 0 aliphatic carbocycles. The van der Waals surface area contributed by atoms with Gasteiger partial charge in [0.1, 0.15) is 5.75 Å². The van der Waals surface area contributed by atoms with Gasteiger partial charge in [-0.25, -0.2) is 0 Å². The number of hydrogen-bond acceptors (Lipinski definition) is 7. The maximum absolute atomic E-state index is 11.3. The number of nitrogens with zero attached hydrogens (tertiary/aromatic N) is 2. The lowest BCUT2D eigenvalue weighted by Gasteiger charge is -2.47. The summed E-state index contributed by atoms with van der Waals surface area (Å²) in [5, 5.41) is 21.2. The minimum Gasteiger partial charge on any atom is -0.468 e. The van der Waals surface area contributed by atoms with Crippen LogP contribution in [0.3, 0.4) is 0 Å². The van der Waals surface area contributed by atoms with Crippen molar-refractivity contribution >= 4 is 23.9 Å². The van der Waals surface area contributed by atoms with Crippen molar-refractivity contribution in [2.45, 2.75) is 38.0 Å². The summed E-state index contributed by atoms with van der Waals surface area (Å²) in [5.74, 6) is 0.436. The lowest BCUT2D eigenvalue weighted by Crippen LogP contribution is -2.60. The molecule has 2 aliphatic heterocycles. The number of benzene rings is 2. The zero-order chi connectivity index (χ0) is 22.2. The third-order valence-electron chi connectivity index (χ3n) is 6.18. The molecule has 1 spiro atoms. The van der Waals surface area contributed by atoms with Crippen molar-refractivity contribution in [3.05, 3.63) is 69.3 Å². The highest BCUT2D eigenvalue weighted by Gasteiger charge is 2.58. The molecule has 0 radical (unpaired) electrons. The molecule has 1 N–H and O–H groups in total. The van der Waals surface area contributed by atoms with E-state index in [2.05, 4.69) is 24.8 Å². The molecular formula is C23H24N2O6. The first-order valence-electron chi connectivity index (χ1n) is 10.1. The standard InChI is InChI=1S/C23H24N2O6/c1-22(2)19-6-3-4-7-20(19)24(10-5-11-30-15-27)23(22)9-8-16-12-18(25(28)29)13-17(14-26)21(16)31-23/h3-4,6-9,12-13,15,26H,5,10-11,14H2,1-2H3. The van der Waals surface area contributed by atoms with Gasteiger partial charge in [0.15, 0.2) is 0 Å². The van der Waals surface area contributed by atoms with Gasteiger partial charge in [-0.2, -0.15) is 0 Å². The molecule has 0 amide bonds. The largest absolute Gasteiger partial charge is 0.468 e. The van der Waals surface area contributed by atoms with Gasteiger partial charge < -0.3 is 19.5 Å². The molecule has 0 saturated carbocycles. The second-order valence-corrected chi connectivity index (χ2v) is 8.18. The smallest absolute Gasteiger partial charge is 0.293 e. The number of ether oxygens (including phenoxy) is 2. The number of aliphatic hydroxyl groups is 1. The number of para-hydroxylation sites is 1. The van der Waals surface area contributed by atoms with E-state index in [0.717, 1.165) is 11.3 Å². The Hall–Kier alpha value is -3.39. The van der Waals surface area contributed by atoms with Crippen LogP contribution in [0.5, 0.6) is 5.75 Å². The molecule has 8 nitrogen and oxygen atoms in total. The lowest BCUT2D eigenvalue weighted by atomic mass is 9.76. The number of non-ortho nitro benzene ring substituents is 1. The van der Waals surface area contributed by atoms with Crippen LogP contribution in [0.25, 0.3) is 6.08 Å². The predicted molar refractivity (Wildman–Crippen MR) is 115 cm³/mol. The van der Waals surface area contributed by atoms with Crippen molar-refractivity contribution in [2.24, 2.45) is 0 Å². The summed E-state index contributed by atoms with van der Waals surface area (Å²) in [6.07, 6.45) is 4.36. The average Bonchev–Trinajstić information content (AvgIpc) is 2.94. The molecule has 2 aromatic rings. The van der Waals surface area contributed by atoms with Crippen LogP contribution >= 0.6 is 0 Å². The van der Waals surface area contributed by atoms with Crippen LogP contribution in [-0.4, -0.2) is 35.4 Å². The quantitative estimate of drug-likeness (QED) is 0.314. The van der Waals surface area contributed by atoms with Gasteiger partial charge in [-0.3, -0.25) is 14.9 Å². The number of aliphatic hydroxyl groups excluding tert-OH is 1. The normalized spacial score (nSPS) is 20.2. The Kier molecular flexibility index (Phi) is 5.18. The van der Waals surface area contributed by atoms with E-state index in [9.17, 15) is 20.0 Å². The summed E-state index contributed by atoms with van der Waals surface area (Å²) in [6, 6.07) is 10.8. The fourth-order valence-electron chi connectivity index (χ4n) is 4.63. The number of fused-ring (bicyclic) bond motifs is 2. The monoisotopic (exact) mass is 424 g/mol. The highest BCUT2D eigenvalue weighted by atomic mass is 16.6. The molecule has 162 valence electrons. The topological polar surface area (TPSA) is 102 Å². The molecule has 0 aromatic heterocycles. The van der Waals surface area contributed by atoms with Gasteiger partial charge >= 0.3 is 0 Å². The highest BCUT2D eigenvalue weighted by Crippen LogP contribution is 2.55. The Morgan fingerprint density at radius 1 is 1.29 bits per heavy atom. The third kappa shape index (κ3) is 3.14. The first-order chi connectivity index (χ1) is 14.9. The highest BCUT2D eigenvalue weighted by molar-refractivity contribution is 5.74. The van der Waals surface area contributed by atoms with Gasteiger partial charge in [0.25, 0.3) is 12.2 Å². The van der Waals surface area contributed by atoms with E-state index in [4.69, 9.17) is 9.47 Å². The molecule has 8 heteroatoms. The van der Waals surface area contributed by atoms with Crippen molar-refractivity contribution in [3.8, 4) is 5.75 Å². The number of carbonyl (C=O) groups is 1. The van der Waals surface area contributed by atoms with E-state index in [1.54, 1.807) is 0 Å². The van der Waals surface area contributed by atoms with Crippen LogP contribution in [0.15, 0.2) is 42.5 Å². The second-order valence-electron chi connectivity index (χ2n) is 8.18. The summed E-state index contributed by atoms with van der Waals surface area (Å²) in [6.45, 7) is 5.09. The molecule has 2 aliphatic rings. The number of rotatable bonds is 7. The van der Waals surface area contributed by atoms with Crippen molar-refractivity contribution in [1.82, 2.24) is 0 Å². The summed E-state index contributed by atoms with van der Waals surface area (Å²) in [4.78, 5) is 23.5. The summed E-state index contributed by atoms with van der Waals surface area (Å²) in [5.41, 5.74) is 1.56. The number of nitro benzene ring substituents is 1. The van der Waals surface area contributed by atoms with Crippen LogP contribution in [0.2, 0.25) is 0 Å². The van der Waals surface area contributed by atoms with Crippen LogP contribution < -0.4 is 9.64 Å². The van der Waals surface area contributed by atoms with Gasteiger partial charge in [0.05, 0.1) is 23.6 Å². The first kappa shape index (κ1) is 20.9. The van der Waals surface area contributed by atoms with Gasteiger partial charge in [0, 0.05) is 35.5 Å². The van der Waals surface area contributed by atoms with Crippen molar-refractivity contribution in [2.75, 3.05) is 18.1 Å². The maximum Gasteiger partial charge on any atom is 0.293 e. The molecule has 1 atom stereocenters. The minimum absolute atomic E-state index is 0.0937. The zero-order valence-electron chi connectivity index (χ0n) is 17.4. The number of hydrogen-bond donors (Lipinski definition) is 1. The zero-order valence-corrected chi connectivity index (χ0v) is 17.4. The molecule has 0 fully saturated rings. The van der Waals surface area contributed by atoms with E-state index >= 15 is 0 Å². The maximum atomic E-state index is 11.3. The molecule has 4 rings (SSSR count). The minimum atomic E-state index is -0.912. The van der Waals surface area contributed by atoms with E-state index in [1.807, 2.05) is 30.4 Å². The summed E-state index contributed by atoms with van der Waals surface area (Å²) in [7, 11) is 0. The first-order valence-corrected chi connectivity index (χ1v) is 10.1.